The van der Waals surface area contributed by atoms with Crippen molar-refractivity contribution in [2.45, 2.75) is 25.1 Å². The predicted octanol–water partition coefficient (Wildman–Crippen LogP) is 3.59. The number of methoxy groups -OCH3 is 1. The Balaban J connectivity index is 1.55. The first-order valence-corrected chi connectivity index (χ1v) is 8.77. The molecule has 1 amide bonds. The number of carbonyl (C=O) groups is 1. The molecule has 0 radical (unpaired) electrons. The molecule has 0 saturated carbocycles. The van der Waals surface area contributed by atoms with Crippen LogP contribution in [-0.4, -0.2) is 34.2 Å². The molecule has 0 bridgehead atoms. The maximum Gasteiger partial charge on any atom is 0.278 e. The maximum absolute atomic E-state index is 14.6. The van der Waals surface area contributed by atoms with Crippen molar-refractivity contribution in [1.29, 1.82) is 0 Å². The third-order valence-corrected chi connectivity index (χ3v) is 4.68. The highest BCUT2D eigenvalue weighted by molar-refractivity contribution is 5.96. The molecule has 9 heteroatoms. The molecule has 6 nitrogen and oxygen atoms in total. The highest BCUT2D eigenvalue weighted by Gasteiger charge is 2.34. The minimum absolute atomic E-state index is 0.0720. The van der Waals surface area contributed by atoms with Crippen molar-refractivity contribution in [2.24, 2.45) is 5.10 Å². The Labute approximate surface area is 164 Å². The fraction of sp³-hybridized carbons (Fsp3) is 0.250. The zero-order valence-corrected chi connectivity index (χ0v) is 15.3. The molecule has 1 aromatic carbocycles. The Morgan fingerprint density at radius 3 is 2.66 bits per heavy atom. The highest BCUT2D eigenvalue weighted by atomic mass is 19.1. The second kappa shape index (κ2) is 7.52. The molecule has 2 atom stereocenters. The summed E-state index contributed by atoms with van der Waals surface area (Å²) in [6.07, 6.45) is 1.55. The molecule has 2 unspecified atom stereocenters. The molecule has 1 aliphatic heterocycles. The van der Waals surface area contributed by atoms with E-state index in [2.05, 4.69) is 20.8 Å². The number of rotatable bonds is 5. The van der Waals surface area contributed by atoms with E-state index in [-0.39, 0.29) is 29.1 Å². The van der Waals surface area contributed by atoms with Gasteiger partial charge in [0.25, 0.3) is 5.91 Å². The zero-order chi connectivity index (χ0) is 20.5. The van der Waals surface area contributed by atoms with Gasteiger partial charge in [-0.2, -0.15) is 5.10 Å². The number of ether oxygens (including phenoxy) is 1. The average Bonchev–Trinajstić information content (AvgIpc) is 3.16. The SMILES string of the molecule is COc1cc(C(F)C2=C=C(C(=O)N3N=CCC3c3cc(F)cc(F)c3)C2)ncn1. The van der Waals surface area contributed by atoms with Crippen LogP contribution in [0, 0.1) is 11.6 Å². The molecule has 29 heavy (non-hydrogen) atoms. The lowest BCUT2D eigenvalue weighted by Gasteiger charge is -2.25. The van der Waals surface area contributed by atoms with E-state index < -0.39 is 29.8 Å². The molecule has 0 saturated heterocycles. The summed E-state index contributed by atoms with van der Waals surface area (Å²) in [6.45, 7) is 0. The van der Waals surface area contributed by atoms with Gasteiger partial charge in [-0.25, -0.2) is 28.1 Å². The minimum Gasteiger partial charge on any atom is -0.481 e. The van der Waals surface area contributed by atoms with Crippen LogP contribution < -0.4 is 4.74 Å². The van der Waals surface area contributed by atoms with E-state index in [9.17, 15) is 18.0 Å². The Bertz CT molecular complexity index is 1060. The normalized spacial score (nSPS) is 18.8. The van der Waals surface area contributed by atoms with Crippen molar-refractivity contribution in [3.05, 3.63) is 70.4 Å². The van der Waals surface area contributed by atoms with Crippen LogP contribution in [0.5, 0.6) is 5.88 Å². The van der Waals surface area contributed by atoms with Gasteiger partial charge in [0, 0.05) is 36.8 Å². The first kappa shape index (κ1) is 18.9. The second-order valence-electron chi connectivity index (χ2n) is 6.56. The molecule has 4 rings (SSSR count). The summed E-state index contributed by atoms with van der Waals surface area (Å²) in [5.41, 5.74) is 3.65. The number of alkyl halides is 1. The van der Waals surface area contributed by atoms with E-state index in [4.69, 9.17) is 4.74 Å². The predicted molar refractivity (Wildman–Crippen MR) is 96.6 cm³/mol. The number of aromatic nitrogens is 2. The second-order valence-corrected chi connectivity index (χ2v) is 6.56. The van der Waals surface area contributed by atoms with Gasteiger partial charge in [0.15, 0.2) is 6.17 Å². The van der Waals surface area contributed by atoms with Gasteiger partial charge in [0.05, 0.1) is 24.4 Å². The molecule has 2 aromatic rings. The minimum atomic E-state index is -1.54. The van der Waals surface area contributed by atoms with Gasteiger partial charge < -0.3 is 4.74 Å². The van der Waals surface area contributed by atoms with Crippen LogP contribution >= 0.6 is 0 Å². The van der Waals surface area contributed by atoms with Crippen LogP contribution in [0.4, 0.5) is 13.2 Å². The fourth-order valence-electron chi connectivity index (χ4n) is 3.22. The van der Waals surface area contributed by atoms with E-state index in [1.54, 1.807) is 0 Å². The molecule has 0 fully saturated rings. The molecular formula is C20H15F3N4O2. The smallest absolute Gasteiger partial charge is 0.278 e. The largest absolute Gasteiger partial charge is 0.481 e. The summed E-state index contributed by atoms with van der Waals surface area (Å²) in [5.74, 6) is -1.71. The number of carbonyl (C=O) groups excluding carboxylic acids is 1. The van der Waals surface area contributed by atoms with Gasteiger partial charge in [-0.3, -0.25) is 4.79 Å². The first-order valence-electron chi connectivity index (χ1n) is 8.77. The number of amides is 1. The van der Waals surface area contributed by atoms with Gasteiger partial charge in [0.1, 0.15) is 18.0 Å². The van der Waals surface area contributed by atoms with Crippen molar-refractivity contribution >= 4 is 12.1 Å². The summed E-state index contributed by atoms with van der Waals surface area (Å²) in [5, 5.41) is 5.17. The maximum atomic E-state index is 14.6. The third-order valence-electron chi connectivity index (χ3n) is 4.68. The summed E-state index contributed by atoms with van der Waals surface area (Å²) >= 11 is 0. The Hall–Kier alpha value is -3.45. The lowest BCUT2D eigenvalue weighted by molar-refractivity contribution is -0.129. The molecule has 0 N–H and O–H groups in total. The molecule has 2 heterocycles. The van der Waals surface area contributed by atoms with E-state index in [1.807, 2.05) is 0 Å². The summed E-state index contributed by atoms with van der Waals surface area (Å²) in [7, 11) is 1.41. The van der Waals surface area contributed by atoms with Crippen molar-refractivity contribution in [3.63, 3.8) is 0 Å². The van der Waals surface area contributed by atoms with Gasteiger partial charge in [-0.1, -0.05) is 0 Å². The molecule has 148 valence electrons. The molecule has 0 spiro atoms. The van der Waals surface area contributed by atoms with Crippen LogP contribution in [0.3, 0.4) is 0 Å². The number of hydrogen-bond acceptors (Lipinski definition) is 5. The topological polar surface area (TPSA) is 67.7 Å². The lowest BCUT2D eigenvalue weighted by Crippen LogP contribution is -2.30. The van der Waals surface area contributed by atoms with Crippen molar-refractivity contribution in [2.75, 3.05) is 7.11 Å². The third kappa shape index (κ3) is 3.64. The lowest BCUT2D eigenvalue weighted by atomic mass is 9.91. The summed E-state index contributed by atoms with van der Waals surface area (Å²) in [4.78, 5) is 20.4. The van der Waals surface area contributed by atoms with E-state index >= 15 is 0 Å². The Morgan fingerprint density at radius 1 is 1.24 bits per heavy atom. The number of hydrazone groups is 1. The van der Waals surface area contributed by atoms with E-state index in [1.165, 1.54) is 37.9 Å². The van der Waals surface area contributed by atoms with Gasteiger partial charge >= 0.3 is 0 Å². The van der Waals surface area contributed by atoms with Gasteiger partial charge in [0.2, 0.25) is 5.88 Å². The average molecular weight is 400 g/mol. The quantitative estimate of drug-likeness (QED) is 0.720. The van der Waals surface area contributed by atoms with Crippen LogP contribution in [0.25, 0.3) is 0 Å². The number of hydrogen-bond donors (Lipinski definition) is 0. The van der Waals surface area contributed by atoms with Crippen LogP contribution in [0.15, 0.2) is 52.6 Å². The van der Waals surface area contributed by atoms with Crippen molar-refractivity contribution in [3.8, 4) is 5.88 Å². The number of nitrogens with zero attached hydrogens (tertiary/aromatic N) is 4. The monoisotopic (exact) mass is 400 g/mol. The van der Waals surface area contributed by atoms with Crippen LogP contribution in [0.1, 0.15) is 36.3 Å². The molecule has 1 aliphatic carbocycles. The Kier molecular flexibility index (Phi) is 4.90. The van der Waals surface area contributed by atoms with Gasteiger partial charge in [-0.15, -0.1) is 5.73 Å². The highest BCUT2D eigenvalue weighted by Crippen LogP contribution is 2.37. The molecule has 1 aromatic heterocycles. The number of halogens is 3. The number of benzene rings is 1. The molecular weight excluding hydrogens is 385 g/mol. The first-order chi connectivity index (χ1) is 14.0. The summed E-state index contributed by atoms with van der Waals surface area (Å²) < 4.78 is 46.7. The van der Waals surface area contributed by atoms with Crippen LogP contribution in [0.2, 0.25) is 0 Å². The van der Waals surface area contributed by atoms with Crippen molar-refractivity contribution in [1.82, 2.24) is 15.0 Å². The Morgan fingerprint density at radius 2 is 1.97 bits per heavy atom. The zero-order valence-electron chi connectivity index (χ0n) is 15.3. The van der Waals surface area contributed by atoms with E-state index in [0.29, 0.717) is 12.0 Å². The summed E-state index contributed by atoms with van der Waals surface area (Å²) in [6, 6.07) is 3.84. The van der Waals surface area contributed by atoms with Crippen LogP contribution in [-0.2, 0) is 4.79 Å². The van der Waals surface area contributed by atoms with Crippen molar-refractivity contribution < 1.29 is 22.7 Å². The molecule has 2 aliphatic rings. The fourth-order valence-corrected chi connectivity index (χ4v) is 3.22. The van der Waals surface area contributed by atoms with E-state index in [0.717, 1.165) is 11.1 Å². The standard InChI is InChI=1S/C20H15F3N4O2/c1-29-18-9-16(24-10-25-18)19(23)12-4-13(5-12)20(28)27-17(2-3-26-27)11-6-14(21)8-15(22)7-11/h3,6-10,17,19H,2,4H2,1H3. The van der Waals surface area contributed by atoms with Gasteiger partial charge in [-0.05, 0) is 17.7 Å².